The minimum Gasteiger partial charge on any atom is -0.350 e. The molecule has 1 amide bonds. The third kappa shape index (κ3) is 4.63. The van der Waals surface area contributed by atoms with Crippen molar-refractivity contribution in [2.24, 2.45) is 0 Å². The van der Waals surface area contributed by atoms with E-state index < -0.39 is 0 Å². The fraction of sp³-hybridized carbons (Fsp3) is 0.316. The summed E-state index contributed by atoms with van der Waals surface area (Å²) >= 11 is 1.72. The Morgan fingerprint density at radius 2 is 1.64 bits per heavy atom. The predicted molar refractivity (Wildman–Crippen MR) is 94.3 cm³/mol. The molecule has 0 saturated heterocycles. The first kappa shape index (κ1) is 16.6. The Kier molecular flexibility index (Phi) is 6.08. The van der Waals surface area contributed by atoms with Crippen molar-refractivity contribution in [3.63, 3.8) is 0 Å². The number of benzene rings is 2. The minimum atomic E-state index is 0.0337. The highest BCUT2D eigenvalue weighted by atomic mass is 32.2. The summed E-state index contributed by atoms with van der Waals surface area (Å²) in [5.74, 6) is 0.324. The van der Waals surface area contributed by atoms with Crippen LogP contribution in [0.5, 0.6) is 0 Å². The second-order valence-electron chi connectivity index (χ2n) is 5.58. The first-order valence-corrected chi connectivity index (χ1v) is 8.81. The normalized spacial score (nSPS) is 13.4. The van der Waals surface area contributed by atoms with Gasteiger partial charge in [0.05, 0.1) is 6.04 Å². The van der Waals surface area contributed by atoms with Crippen LogP contribution in [0, 0.1) is 0 Å². The van der Waals surface area contributed by atoms with Crippen LogP contribution in [0.3, 0.4) is 0 Å². The van der Waals surface area contributed by atoms with E-state index in [0.29, 0.717) is 6.42 Å². The molecule has 0 aliphatic rings. The van der Waals surface area contributed by atoms with E-state index in [0.717, 1.165) is 5.56 Å². The third-order valence-electron chi connectivity index (χ3n) is 3.85. The van der Waals surface area contributed by atoms with Crippen molar-refractivity contribution in [3.05, 3.63) is 65.7 Å². The summed E-state index contributed by atoms with van der Waals surface area (Å²) in [5, 5.41) is 3.09. The van der Waals surface area contributed by atoms with Gasteiger partial charge >= 0.3 is 0 Å². The lowest BCUT2D eigenvalue weighted by molar-refractivity contribution is -0.122. The molecule has 2 rings (SSSR count). The molecule has 22 heavy (non-hydrogen) atoms. The maximum Gasteiger partial charge on any atom is 0.221 e. The lowest BCUT2D eigenvalue weighted by Crippen LogP contribution is -2.27. The third-order valence-corrected chi connectivity index (χ3v) is 4.60. The SMILES string of the molecule is CSc1ccc(C(C)NC(=O)CC(C)c2ccccc2)cc1. The van der Waals surface area contributed by atoms with Gasteiger partial charge in [-0.1, -0.05) is 49.4 Å². The van der Waals surface area contributed by atoms with Crippen LogP contribution in [-0.2, 0) is 4.79 Å². The largest absolute Gasteiger partial charge is 0.350 e. The van der Waals surface area contributed by atoms with Crippen LogP contribution in [-0.4, -0.2) is 12.2 Å². The van der Waals surface area contributed by atoms with Gasteiger partial charge in [0, 0.05) is 11.3 Å². The van der Waals surface area contributed by atoms with Crippen molar-refractivity contribution in [2.45, 2.75) is 37.1 Å². The second-order valence-corrected chi connectivity index (χ2v) is 6.46. The Hall–Kier alpha value is -1.74. The molecule has 0 aromatic heterocycles. The number of carbonyl (C=O) groups excluding carboxylic acids is 1. The molecular weight excluding hydrogens is 290 g/mol. The first-order valence-electron chi connectivity index (χ1n) is 7.58. The van der Waals surface area contributed by atoms with Crippen molar-refractivity contribution in [1.29, 1.82) is 0 Å². The molecule has 0 heterocycles. The highest BCUT2D eigenvalue weighted by Crippen LogP contribution is 2.21. The molecule has 1 N–H and O–H groups in total. The molecule has 0 radical (unpaired) electrons. The average Bonchev–Trinajstić information content (AvgIpc) is 2.55. The predicted octanol–water partition coefficient (Wildman–Crippen LogP) is 4.78. The molecule has 3 heteroatoms. The topological polar surface area (TPSA) is 29.1 Å². The summed E-state index contributed by atoms with van der Waals surface area (Å²) in [6, 6.07) is 18.5. The highest BCUT2D eigenvalue weighted by Gasteiger charge is 2.14. The van der Waals surface area contributed by atoms with Crippen molar-refractivity contribution >= 4 is 17.7 Å². The van der Waals surface area contributed by atoms with Crippen molar-refractivity contribution in [1.82, 2.24) is 5.32 Å². The molecule has 2 atom stereocenters. The molecule has 0 bridgehead atoms. The zero-order chi connectivity index (χ0) is 15.9. The molecule has 0 aliphatic carbocycles. The van der Waals surface area contributed by atoms with Gasteiger partial charge in [-0.25, -0.2) is 0 Å². The molecule has 0 saturated carbocycles. The van der Waals surface area contributed by atoms with E-state index in [1.165, 1.54) is 10.5 Å². The Morgan fingerprint density at radius 3 is 2.23 bits per heavy atom. The summed E-state index contributed by atoms with van der Waals surface area (Å²) < 4.78 is 0. The minimum absolute atomic E-state index is 0.0337. The van der Waals surface area contributed by atoms with Crippen LogP contribution in [0.4, 0.5) is 0 Å². The van der Waals surface area contributed by atoms with E-state index in [9.17, 15) is 4.79 Å². The van der Waals surface area contributed by atoms with Gasteiger partial charge in [-0.3, -0.25) is 4.79 Å². The van der Waals surface area contributed by atoms with E-state index in [-0.39, 0.29) is 17.9 Å². The number of amides is 1. The van der Waals surface area contributed by atoms with Gasteiger partial charge in [-0.2, -0.15) is 0 Å². The van der Waals surface area contributed by atoms with Gasteiger partial charge in [0.25, 0.3) is 0 Å². The van der Waals surface area contributed by atoms with Crippen LogP contribution in [0.2, 0.25) is 0 Å². The Morgan fingerprint density at radius 1 is 1.00 bits per heavy atom. The summed E-state index contributed by atoms with van der Waals surface area (Å²) in [4.78, 5) is 13.5. The standard InChI is InChI=1S/C19H23NOS/c1-14(16-7-5-4-6-8-16)13-19(21)20-15(2)17-9-11-18(22-3)12-10-17/h4-12,14-15H,13H2,1-3H3,(H,20,21). The number of hydrogen-bond acceptors (Lipinski definition) is 2. The van der Waals surface area contributed by atoms with Crippen LogP contribution < -0.4 is 5.32 Å². The van der Waals surface area contributed by atoms with Gasteiger partial charge < -0.3 is 5.32 Å². The van der Waals surface area contributed by atoms with Crippen LogP contribution in [0.1, 0.15) is 43.4 Å². The van der Waals surface area contributed by atoms with E-state index in [1.54, 1.807) is 11.8 Å². The highest BCUT2D eigenvalue weighted by molar-refractivity contribution is 7.98. The van der Waals surface area contributed by atoms with E-state index in [4.69, 9.17) is 0 Å². The molecule has 0 aliphatic heterocycles. The van der Waals surface area contributed by atoms with Crippen molar-refractivity contribution < 1.29 is 4.79 Å². The van der Waals surface area contributed by atoms with Crippen LogP contribution >= 0.6 is 11.8 Å². The smallest absolute Gasteiger partial charge is 0.221 e. The monoisotopic (exact) mass is 313 g/mol. The quantitative estimate of drug-likeness (QED) is 0.778. The van der Waals surface area contributed by atoms with E-state index in [2.05, 4.69) is 54.9 Å². The second kappa shape index (κ2) is 8.04. The Balaban J connectivity index is 1.90. The fourth-order valence-electron chi connectivity index (χ4n) is 2.45. The summed E-state index contributed by atoms with van der Waals surface area (Å²) in [7, 11) is 0. The Bertz CT molecular complexity index is 595. The molecular formula is C19H23NOS. The number of carbonyl (C=O) groups is 1. The zero-order valence-corrected chi connectivity index (χ0v) is 14.2. The Labute approximate surface area is 137 Å². The van der Waals surface area contributed by atoms with Crippen molar-refractivity contribution in [3.8, 4) is 0 Å². The van der Waals surface area contributed by atoms with Gasteiger partial charge in [0.2, 0.25) is 5.91 Å². The summed E-state index contributed by atoms with van der Waals surface area (Å²) in [5.41, 5.74) is 2.34. The molecule has 116 valence electrons. The molecule has 0 spiro atoms. The lowest BCUT2D eigenvalue weighted by Gasteiger charge is -2.17. The van der Waals surface area contributed by atoms with Gasteiger partial charge in [-0.05, 0) is 42.4 Å². The summed E-state index contributed by atoms with van der Waals surface area (Å²) in [6.07, 6.45) is 2.57. The lowest BCUT2D eigenvalue weighted by atomic mass is 9.97. The molecule has 2 aromatic carbocycles. The maximum absolute atomic E-state index is 12.2. The number of rotatable bonds is 6. The van der Waals surface area contributed by atoms with Crippen LogP contribution in [0.25, 0.3) is 0 Å². The van der Waals surface area contributed by atoms with Crippen molar-refractivity contribution in [2.75, 3.05) is 6.26 Å². The molecule has 2 nitrogen and oxygen atoms in total. The first-order chi connectivity index (χ1) is 10.6. The molecule has 2 unspecified atom stereocenters. The number of hydrogen-bond donors (Lipinski definition) is 1. The van der Waals surface area contributed by atoms with Gasteiger partial charge in [0.15, 0.2) is 0 Å². The van der Waals surface area contributed by atoms with E-state index in [1.807, 2.05) is 25.1 Å². The van der Waals surface area contributed by atoms with Gasteiger partial charge in [0.1, 0.15) is 0 Å². The average molecular weight is 313 g/mol. The zero-order valence-electron chi connectivity index (χ0n) is 13.4. The molecule has 0 fully saturated rings. The summed E-state index contributed by atoms with van der Waals surface area (Å²) in [6.45, 7) is 4.12. The fourth-order valence-corrected chi connectivity index (χ4v) is 2.86. The van der Waals surface area contributed by atoms with Crippen LogP contribution in [0.15, 0.2) is 59.5 Å². The molecule has 2 aromatic rings. The number of nitrogens with one attached hydrogen (secondary N) is 1. The maximum atomic E-state index is 12.2. The van der Waals surface area contributed by atoms with Gasteiger partial charge in [-0.15, -0.1) is 11.8 Å². The number of thioether (sulfide) groups is 1. The van der Waals surface area contributed by atoms with E-state index >= 15 is 0 Å².